The molecule has 1 saturated heterocycles. The molecule has 0 radical (unpaired) electrons. The van der Waals surface area contributed by atoms with Crippen LogP contribution in [0.25, 0.3) is 0 Å². The quantitative estimate of drug-likeness (QED) is 0.209. The third-order valence-corrected chi connectivity index (χ3v) is 6.52. The number of nitrogens with one attached hydrogen (secondary N) is 2. The predicted molar refractivity (Wildman–Crippen MR) is 127 cm³/mol. The second-order valence-corrected chi connectivity index (χ2v) is 10.2. The Labute approximate surface area is 227 Å². The van der Waals surface area contributed by atoms with Gasteiger partial charge in [-0.05, 0) is 29.3 Å². The van der Waals surface area contributed by atoms with Gasteiger partial charge in [0.05, 0.1) is 36.9 Å². The summed E-state index contributed by atoms with van der Waals surface area (Å²) >= 11 is 0. The first-order chi connectivity index (χ1) is 19.1. The zero-order valence-electron chi connectivity index (χ0n) is 20.7. The molecule has 41 heavy (non-hydrogen) atoms. The fraction of sp³-hybridized carbons (Fsp3) is 0.391. The Morgan fingerprint density at radius 3 is 2.24 bits per heavy atom. The van der Waals surface area contributed by atoms with Gasteiger partial charge in [-0.25, -0.2) is 14.5 Å². The number of H-pyrrole nitrogens is 2. The van der Waals surface area contributed by atoms with E-state index in [0.29, 0.717) is 17.7 Å². The number of ether oxygens (including phenoxy) is 2. The van der Waals surface area contributed by atoms with Crippen LogP contribution in [0, 0.1) is 0 Å². The summed E-state index contributed by atoms with van der Waals surface area (Å²) in [4.78, 5) is 34.2. The lowest BCUT2D eigenvalue weighted by atomic mass is 10.00. The van der Waals surface area contributed by atoms with Crippen molar-refractivity contribution in [1.29, 1.82) is 0 Å². The fourth-order valence-electron chi connectivity index (χ4n) is 4.28. The zero-order valence-corrected chi connectivity index (χ0v) is 21.6. The molecule has 2 heterocycles. The Balaban J connectivity index is 1.75. The van der Waals surface area contributed by atoms with E-state index in [1.165, 1.54) is 0 Å². The van der Waals surface area contributed by atoms with Gasteiger partial charge < -0.3 is 19.3 Å². The van der Waals surface area contributed by atoms with Crippen molar-refractivity contribution >= 4 is 7.82 Å². The monoisotopic (exact) mass is 612 g/mol. The van der Waals surface area contributed by atoms with Crippen LogP contribution in [-0.2, 0) is 37.5 Å². The number of halogens is 6. The summed E-state index contributed by atoms with van der Waals surface area (Å²) in [5, 5.41) is 6.08. The second-order valence-electron chi connectivity index (χ2n) is 8.94. The fourth-order valence-corrected chi connectivity index (χ4v) is 4.61. The van der Waals surface area contributed by atoms with Crippen LogP contribution in [0.2, 0.25) is 0 Å². The summed E-state index contributed by atoms with van der Waals surface area (Å²) in [6.45, 7) is -0.852. The summed E-state index contributed by atoms with van der Waals surface area (Å²) in [5.74, 6) is 0.227. The van der Waals surface area contributed by atoms with Gasteiger partial charge in [0.1, 0.15) is 11.9 Å². The topological polar surface area (TPSA) is 150 Å². The molecule has 2 aromatic carbocycles. The minimum absolute atomic E-state index is 0.0227. The maximum atomic E-state index is 13.5. The van der Waals surface area contributed by atoms with Crippen molar-refractivity contribution in [2.24, 2.45) is 0 Å². The van der Waals surface area contributed by atoms with Crippen molar-refractivity contribution < 1.29 is 54.7 Å². The molecule has 0 saturated carbocycles. The molecule has 224 valence electrons. The number of hydrogen-bond acceptors (Lipinski definition) is 7. The van der Waals surface area contributed by atoms with E-state index in [4.69, 9.17) is 9.47 Å². The van der Waals surface area contributed by atoms with E-state index >= 15 is 0 Å². The van der Waals surface area contributed by atoms with E-state index in [1.807, 2.05) is 0 Å². The van der Waals surface area contributed by atoms with E-state index in [0.717, 1.165) is 0 Å². The summed E-state index contributed by atoms with van der Waals surface area (Å²) in [5.41, 5.74) is -4.02. The first-order valence-corrected chi connectivity index (χ1v) is 13.3. The average molecular weight is 612 g/mol. The first kappa shape index (κ1) is 30.9. The number of morpholine rings is 1. The van der Waals surface area contributed by atoms with E-state index in [9.17, 15) is 45.5 Å². The predicted octanol–water partition coefficient (Wildman–Crippen LogP) is 3.90. The molecule has 0 aliphatic carbocycles. The number of nitrogens with zero attached hydrogens (tertiary/aromatic N) is 2. The number of aromatic amines is 2. The molecule has 4 rings (SSSR count). The van der Waals surface area contributed by atoms with E-state index < -0.39 is 67.6 Å². The SMILES string of the molecule is O=c1[nH]nc(CN2CCO[C@H](O[C@H](COP(=O)(O)O)c3cc(C(F)(F)F)cc(C(F)(F)F)c3)[C@@H]2c2ccccc2)[nH]1. The van der Waals surface area contributed by atoms with Crippen molar-refractivity contribution in [1.82, 2.24) is 20.1 Å². The van der Waals surface area contributed by atoms with Crippen molar-refractivity contribution in [3.8, 4) is 0 Å². The third-order valence-electron chi connectivity index (χ3n) is 6.03. The number of rotatable bonds is 9. The van der Waals surface area contributed by atoms with Gasteiger partial charge in [-0.3, -0.25) is 14.4 Å². The number of hydrogen-bond donors (Lipinski definition) is 4. The van der Waals surface area contributed by atoms with E-state index in [2.05, 4.69) is 19.7 Å². The van der Waals surface area contributed by atoms with Crippen LogP contribution in [0.1, 0.15) is 40.2 Å². The van der Waals surface area contributed by atoms with Crippen molar-refractivity contribution in [3.63, 3.8) is 0 Å². The van der Waals surface area contributed by atoms with Gasteiger partial charge in [0.25, 0.3) is 0 Å². The number of benzene rings is 2. The molecular formula is C23H23F6N4O7P. The molecule has 1 aliphatic rings. The van der Waals surface area contributed by atoms with Gasteiger partial charge >= 0.3 is 25.9 Å². The molecule has 0 amide bonds. The molecule has 0 spiro atoms. The summed E-state index contributed by atoms with van der Waals surface area (Å²) in [6, 6.07) is 8.23. The molecule has 3 atom stereocenters. The first-order valence-electron chi connectivity index (χ1n) is 11.8. The highest BCUT2D eigenvalue weighted by atomic mass is 31.2. The van der Waals surface area contributed by atoms with Crippen LogP contribution in [0.5, 0.6) is 0 Å². The molecule has 3 aromatic rings. The van der Waals surface area contributed by atoms with Gasteiger partial charge in [0, 0.05) is 6.54 Å². The number of aromatic nitrogens is 3. The molecule has 1 aliphatic heterocycles. The van der Waals surface area contributed by atoms with Crippen LogP contribution in [0.4, 0.5) is 26.3 Å². The van der Waals surface area contributed by atoms with Crippen LogP contribution < -0.4 is 5.69 Å². The van der Waals surface area contributed by atoms with Crippen molar-refractivity contribution in [2.75, 3.05) is 19.8 Å². The molecular weight excluding hydrogens is 589 g/mol. The van der Waals surface area contributed by atoms with E-state index in [-0.39, 0.29) is 31.6 Å². The molecule has 4 N–H and O–H groups in total. The molecule has 1 fully saturated rings. The number of phosphoric ester groups is 1. The summed E-state index contributed by atoms with van der Waals surface area (Å²) in [6.07, 6.45) is -13.6. The maximum absolute atomic E-state index is 13.5. The van der Waals surface area contributed by atoms with Gasteiger partial charge in [0.15, 0.2) is 6.29 Å². The lowest BCUT2D eigenvalue weighted by Crippen LogP contribution is -2.46. The maximum Gasteiger partial charge on any atom is 0.469 e. The third kappa shape index (κ3) is 8.25. The van der Waals surface area contributed by atoms with Crippen LogP contribution in [0.15, 0.2) is 53.3 Å². The highest BCUT2D eigenvalue weighted by Crippen LogP contribution is 2.42. The second kappa shape index (κ2) is 12.1. The smallest absolute Gasteiger partial charge is 0.349 e. The van der Waals surface area contributed by atoms with Crippen molar-refractivity contribution in [3.05, 3.63) is 87.1 Å². The Kier molecular flexibility index (Phi) is 9.08. The molecule has 11 nitrogen and oxygen atoms in total. The van der Waals surface area contributed by atoms with Gasteiger partial charge in [-0.15, -0.1) is 0 Å². The normalized spacial score (nSPS) is 19.8. The van der Waals surface area contributed by atoms with Gasteiger partial charge in [-0.1, -0.05) is 30.3 Å². The van der Waals surface area contributed by atoms with E-state index in [1.54, 1.807) is 35.2 Å². The Bertz CT molecular complexity index is 1390. The zero-order chi connectivity index (χ0) is 30.0. The molecule has 18 heteroatoms. The average Bonchev–Trinajstić information content (AvgIpc) is 3.29. The van der Waals surface area contributed by atoms with Crippen molar-refractivity contribution in [2.45, 2.75) is 37.3 Å². The van der Waals surface area contributed by atoms with Gasteiger partial charge in [-0.2, -0.15) is 31.4 Å². The summed E-state index contributed by atoms with van der Waals surface area (Å²) < 4.78 is 109. The minimum atomic E-state index is -5.23. The Morgan fingerprint density at radius 1 is 1.07 bits per heavy atom. The van der Waals surface area contributed by atoms with Crippen LogP contribution in [0.3, 0.4) is 0 Å². The lowest BCUT2D eigenvalue weighted by molar-refractivity contribution is -0.238. The van der Waals surface area contributed by atoms with Crippen LogP contribution in [-0.4, -0.2) is 55.9 Å². The highest BCUT2D eigenvalue weighted by molar-refractivity contribution is 7.46. The minimum Gasteiger partial charge on any atom is -0.349 e. The number of alkyl halides is 6. The van der Waals surface area contributed by atoms with Crippen LogP contribution >= 0.6 is 7.82 Å². The lowest BCUT2D eigenvalue weighted by Gasteiger charge is -2.42. The largest absolute Gasteiger partial charge is 0.469 e. The van der Waals surface area contributed by atoms with Gasteiger partial charge in [0.2, 0.25) is 0 Å². The highest BCUT2D eigenvalue weighted by Gasteiger charge is 2.40. The number of phosphoric acid groups is 1. The summed E-state index contributed by atoms with van der Waals surface area (Å²) in [7, 11) is -5.23. The Hall–Kier alpha value is -3.05. The molecule has 0 unspecified atom stereocenters. The molecule has 1 aromatic heterocycles. The molecule has 0 bridgehead atoms. The Morgan fingerprint density at radius 2 is 1.71 bits per heavy atom. The standard InChI is InChI=1S/C23H23F6N4O7P/c24-22(25,26)15-8-14(9-16(10-15)23(27,28)29)17(12-39-41(35,36)37)40-20-19(13-4-2-1-3-5-13)33(6-7-38-20)11-18-30-21(34)32-31-18/h1-5,8-10,17,19-20H,6-7,11-12H2,(H2,35,36,37)(H2,30,31,32,34)/t17-,19+,20-/m1/s1.